The summed E-state index contributed by atoms with van der Waals surface area (Å²) in [5.41, 5.74) is -3.43. The molecule has 0 unspecified atom stereocenters. The van der Waals surface area contributed by atoms with Crippen molar-refractivity contribution in [1.82, 2.24) is 9.55 Å². The van der Waals surface area contributed by atoms with Crippen molar-refractivity contribution in [2.45, 2.75) is 39.5 Å². The zero-order valence-electron chi connectivity index (χ0n) is 19.1. The highest BCUT2D eigenvalue weighted by Crippen LogP contribution is 2.32. The van der Waals surface area contributed by atoms with Crippen LogP contribution in [0.4, 0.5) is 38.1 Å². The molecule has 1 aromatic heterocycles. The van der Waals surface area contributed by atoms with Gasteiger partial charge in [-0.05, 0) is 58.0 Å². The van der Waals surface area contributed by atoms with Crippen LogP contribution in [0.5, 0.6) is 0 Å². The van der Waals surface area contributed by atoms with Gasteiger partial charge in [0.15, 0.2) is 5.82 Å². The molecule has 0 aliphatic rings. The minimum Gasteiger partial charge on any atom is -0.444 e. The van der Waals surface area contributed by atoms with E-state index in [-0.39, 0.29) is 5.69 Å². The van der Waals surface area contributed by atoms with Gasteiger partial charge in [0.2, 0.25) is 0 Å². The van der Waals surface area contributed by atoms with Crippen LogP contribution in [0.25, 0.3) is 5.69 Å². The molecule has 0 saturated heterocycles. The highest BCUT2D eigenvalue weighted by molar-refractivity contribution is 6.05. The number of alkyl halides is 3. The predicted molar refractivity (Wildman–Crippen MR) is 117 cm³/mol. The fourth-order valence-electron chi connectivity index (χ4n) is 2.98. The Hall–Kier alpha value is -3.96. The zero-order chi connectivity index (χ0) is 26.1. The quantitative estimate of drug-likeness (QED) is 0.429. The van der Waals surface area contributed by atoms with E-state index in [1.165, 1.54) is 17.1 Å². The Morgan fingerprint density at radius 3 is 2.29 bits per heavy atom. The van der Waals surface area contributed by atoms with Crippen molar-refractivity contribution in [1.29, 1.82) is 0 Å². The number of hydrogen-bond acceptors (Lipinski definition) is 4. The molecule has 0 spiro atoms. The van der Waals surface area contributed by atoms with E-state index in [2.05, 4.69) is 10.3 Å². The monoisotopic (exact) mass is 496 g/mol. The molecule has 186 valence electrons. The lowest BCUT2D eigenvalue weighted by Gasteiger charge is -2.20. The second-order valence-corrected chi connectivity index (χ2v) is 8.55. The first-order chi connectivity index (χ1) is 16.1. The predicted octanol–water partition coefficient (Wildman–Crippen LogP) is 6.08. The van der Waals surface area contributed by atoms with Gasteiger partial charge in [-0.2, -0.15) is 13.2 Å². The third-order valence-electron chi connectivity index (χ3n) is 4.48. The van der Waals surface area contributed by atoms with Crippen LogP contribution in [0.15, 0.2) is 42.9 Å². The minimum atomic E-state index is -4.77. The van der Waals surface area contributed by atoms with Gasteiger partial charge < -0.3 is 14.6 Å². The van der Waals surface area contributed by atoms with Crippen LogP contribution in [-0.4, -0.2) is 27.2 Å². The lowest BCUT2D eigenvalue weighted by Crippen LogP contribution is -2.28. The standard InChI is InChI=1S/C23H21F5N4O3/c1-12-10-32(11-29-12)15-8-13(7-14(9-15)23(26,27)28)20(33)30-17-6-5-16(24)19(18(17)25)31-21(34)35-22(2,3)4/h5-11H,1-4H3,(H,30,33)(H,31,34). The van der Waals surface area contributed by atoms with E-state index in [4.69, 9.17) is 4.74 Å². The number of imidazole rings is 1. The number of rotatable bonds is 4. The Labute approximate surface area is 196 Å². The van der Waals surface area contributed by atoms with Crippen molar-refractivity contribution in [3.63, 3.8) is 0 Å². The molecule has 12 heteroatoms. The first-order valence-electron chi connectivity index (χ1n) is 10.2. The number of ether oxygens (including phenoxy) is 1. The molecule has 3 rings (SSSR count). The summed E-state index contributed by atoms with van der Waals surface area (Å²) < 4.78 is 75.7. The Morgan fingerprint density at radius 1 is 1.03 bits per heavy atom. The summed E-state index contributed by atoms with van der Waals surface area (Å²) in [4.78, 5) is 28.6. The third-order valence-corrected chi connectivity index (χ3v) is 4.48. The molecule has 35 heavy (non-hydrogen) atoms. The smallest absolute Gasteiger partial charge is 0.416 e. The van der Waals surface area contributed by atoms with Crippen LogP contribution in [0.2, 0.25) is 0 Å². The molecule has 0 aliphatic heterocycles. The molecule has 2 N–H and O–H groups in total. The number of nitrogens with one attached hydrogen (secondary N) is 2. The first kappa shape index (κ1) is 25.7. The number of amides is 2. The van der Waals surface area contributed by atoms with Gasteiger partial charge in [0.05, 0.1) is 23.3 Å². The number of carbonyl (C=O) groups is 2. The average molecular weight is 496 g/mol. The average Bonchev–Trinajstić information content (AvgIpc) is 3.17. The summed E-state index contributed by atoms with van der Waals surface area (Å²) in [6.45, 7) is 6.27. The Kier molecular flexibility index (Phi) is 6.86. The van der Waals surface area contributed by atoms with E-state index >= 15 is 0 Å². The van der Waals surface area contributed by atoms with E-state index < -0.39 is 57.9 Å². The SMILES string of the molecule is Cc1cn(-c2cc(C(=O)Nc3ccc(F)c(NC(=O)OC(C)(C)C)c3F)cc(C(F)(F)F)c2)cn1. The number of hydrogen-bond donors (Lipinski definition) is 2. The van der Waals surface area contributed by atoms with E-state index in [0.717, 1.165) is 24.3 Å². The maximum atomic E-state index is 14.9. The number of benzene rings is 2. The molecule has 0 saturated carbocycles. The molecule has 0 radical (unpaired) electrons. The third kappa shape index (κ3) is 6.34. The van der Waals surface area contributed by atoms with Crippen molar-refractivity contribution in [2.75, 3.05) is 10.6 Å². The molecule has 0 fully saturated rings. The van der Waals surface area contributed by atoms with Crippen LogP contribution in [0.1, 0.15) is 42.4 Å². The van der Waals surface area contributed by atoms with Gasteiger partial charge in [0, 0.05) is 17.4 Å². The normalized spacial score (nSPS) is 11.8. The number of halogens is 5. The van der Waals surface area contributed by atoms with Gasteiger partial charge >= 0.3 is 12.3 Å². The summed E-state index contributed by atoms with van der Waals surface area (Å²) in [7, 11) is 0. The maximum Gasteiger partial charge on any atom is 0.416 e. The van der Waals surface area contributed by atoms with Crippen molar-refractivity contribution in [2.24, 2.45) is 0 Å². The molecule has 2 amide bonds. The fraction of sp³-hybridized carbons (Fsp3) is 0.261. The van der Waals surface area contributed by atoms with Crippen LogP contribution >= 0.6 is 0 Å². The van der Waals surface area contributed by atoms with Gasteiger partial charge in [-0.25, -0.2) is 18.6 Å². The molecule has 0 aliphatic carbocycles. The van der Waals surface area contributed by atoms with Crippen LogP contribution in [0.3, 0.4) is 0 Å². The Bertz CT molecular complexity index is 1280. The molecule has 1 heterocycles. The van der Waals surface area contributed by atoms with E-state index in [0.29, 0.717) is 11.8 Å². The number of aromatic nitrogens is 2. The molecule has 3 aromatic rings. The van der Waals surface area contributed by atoms with Crippen molar-refractivity contribution in [3.8, 4) is 5.69 Å². The zero-order valence-corrected chi connectivity index (χ0v) is 19.1. The van der Waals surface area contributed by atoms with Crippen molar-refractivity contribution < 1.29 is 36.3 Å². The molecule has 2 aromatic carbocycles. The Balaban J connectivity index is 1.94. The topological polar surface area (TPSA) is 85.2 Å². The second-order valence-electron chi connectivity index (χ2n) is 8.55. The van der Waals surface area contributed by atoms with Crippen molar-refractivity contribution in [3.05, 3.63) is 71.3 Å². The summed E-state index contributed by atoms with van der Waals surface area (Å²) in [5, 5.41) is 4.04. The highest BCUT2D eigenvalue weighted by Gasteiger charge is 2.32. The van der Waals surface area contributed by atoms with Crippen LogP contribution in [0, 0.1) is 18.6 Å². The van der Waals surface area contributed by atoms with Gasteiger partial charge in [0.25, 0.3) is 5.91 Å². The highest BCUT2D eigenvalue weighted by atomic mass is 19.4. The van der Waals surface area contributed by atoms with Crippen LogP contribution < -0.4 is 10.6 Å². The number of anilines is 2. The lowest BCUT2D eigenvalue weighted by molar-refractivity contribution is -0.137. The summed E-state index contributed by atoms with van der Waals surface area (Å²) >= 11 is 0. The molecule has 0 atom stereocenters. The van der Waals surface area contributed by atoms with Gasteiger partial charge in [-0.1, -0.05) is 0 Å². The van der Waals surface area contributed by atoms with Crippen molar-refractivity contribution >= 4 is 23.4 Å². The van der Waals surface area contributed by atoms with Gasteiger partial charge in [0.1, 0.15) is 17.1 Å². The fourth-order valence-corrected chi connectivity index (χ4v) is 2.98. The largest absolute Gasteiger partial charge is 0.444 e. The first-order valence-corrected chi connectivity index (χ1v) is 10.2. The van der Waals surface area contributed by atoms with E-state index in [9.17, 15) is 31.5 Å². The Morgan fingerprint density at radius 2 is 1.71 bits per heavy atom. The van der Waals surface area contributed by atoms with Crippen LogP contribution in [-0.2, 0) is 10.9 Å². The second kappa shape index (κ2) is 9.35. The van der Waals surface area contributed by atoms with E-state index in [1.54, 1.807) is 27.7 Å². The number of aryl methyl sites for hydroxylation is 1. The lowest BCUT2D eigenvalue weighted by atomic mass is 10.1. The molecule has 7 nitrogen and oxygen atoms in total. The summed E-state index contributed by atoms with van der Waals surface area (Å²) in [6, 6.07) is 4.24. The number of nitrogens with zero attached hydrogens (tertiary/aromatic N) is 2. The van der Waals surface area contributed by atoms with Gasteiger partial charge in [-0.3, -0.25) is 10.1 Å². The molecular formula is C23H21F5N4O3. The summed E-state index contributed by atoms with van der Waals surface area (Å²) in [6.07, 6.45) is -3.17. The molecular weight excluding hydrogens is 475 g/mol. The van der Waals surface area contributed by atoms with Gasteiger partial charge in [-0.15, -0.1) is 0 Å². The van der Waals surface area contributed by atoms with E-state index in [1.807, 2.05) is 5.32 Å². The molecule has 0 bridgehead atoms. The minimum absolute atomic E-state index is 0.00238. The maximum absolute atomic E-state index is 14.9. The summed E-state index contributed by atoms with van der Waals surface area (Å²) in [5.74, 6) is -3.59. The number of carbonyl (C=O) groups excluding carboxylic acids is 2.